The highest BCUT2D eigenvalue weighted by Crippen LogP contribution is 2.29. The summed E-state index contributed by atoms with van der Waals surface area (Å²) in [6.45, 7) is 10.3. The standard InChI is InChI=1S/C16H25NO2/c1-6-15(11(2)3)13-8-7-9-14(10-13)17-16(18)19-12(4)5/h7-12,15H,6H2,1-5H3,(H,17,18). The molecule has 3 heteroatoms. The largest absolute Gasteiger partial charge is 0.447 e. The lowest BCUT2D eigenvalue weighted by atomic mass is 9.86. The minimum atomic E-state index is -0.398. The molecule has 3 nitrogen and oxygen atoms in total. The highest BCUT2D eigenvalue weighted by atomic mass is 16.6. The lowest BCUT2D eigenvalue weighted by Crippen LogP contribution is -2.18. The van der Waals surface area contributed by atoms with Crippen LogP contribution in [0.25, 0.3) is 0 Å². The fraction of sp³-hybridized carbons (Fsp3) is 0.562. The van der Waals surface area contributed by atoms with Gasteiger partial charge in [-0.3, -0.25) is 5.32 Å². The summed E-state index contributed by atoms with van der Waals surface area (Å²) >= 11 is 0. The quantitative estimate of drug-likeness (QED) is 0.829. The molecule has 0 saturated carbocycles. The minimum Gasteiger partial charge on any atom is -0.447 e. The van der Waals surface area contributed by atoms with Crippen molar-refractivity contribution in [3.05, 3.63) is 29.8 Å². The van der Waals surface area contributed by atoms with E-state index in [2.05, 4.69) is 32.2 Å². The van der Waals surface area contributed by atoms with Crippen LogP contribution >= 0.6 is 0 Å². The Morgan fingerprint density at radius 1 is 1.26 bits per heavy atom. The zero-order valence-corrected chi connectivity index (χ0v) is 12.6. The van der Waals surface area contributed by atoms with E-state index in [1.54, 1.807) is 0 Å². The Labute approximate surface area is 116 Å². The van der Waals surface area contributed by atoms with E-state index < -0.39 is 6.09 Å². The fourth-order valence-corrected chi connectivity index (χ4v) is 2.30. The van der Waals surface area contributed by atoms with Crippen LogP contribution in [0.15, 0.2) is 24.3 Å². The molecule has 0 saturated heterocycles. The van der Waals surface area contributed by atoms with Crippen molar-refractivity contribution in [2.24, 2.45) is 5.92 Å². The summed E-state index contributed by atoms with van der Waals surface area (Å²) in [5.74, 6) is 1.10. The second-order valence-corrected chi connectivity index (χ2v) is 5.46. The number of benzene rings is 1. The maximum absolute atomic E-state index is 11.6. The van der Waals surface area contributed by atoms with Gasteiger partial charge in [0, 0.05) is 5.69 Å². The molecule has 1 unspecified atom stereocenters. The minimum absolute atomic E-state index is 0.109. The first-order valence-electron chi connectivity index (χ1n) is 7.01. The van der Waals surface area contributed by atoms with Crippen LogP contribution in [0, 0.1) is 5.92 Å². The summed E-state index contributed by atoms with van der Waals surface area (Å²) in [7, 11) is 0. The van der Waals surface area contributed by atoms with Crippen molar-refractivity contribution < 1.29 is 9.53 Å². The summed E-state index contributed by atoms with van der Waals surface area (Å²) in [6.07, 6.45) is 0.587. The van der Waals surface area contributed by atoms with E-state index >= 15 is 0 Å². The van der Waals surface area contributed by atoms with Gasteiger partial charge < -0.3 is 4.74 Å². The van der Waals surface area contributed by atoms with Crippen LogP contribution < -0.4 is 5.32 Å². The van der Waals surface area contributed by atoms with Crippen LogP contribution in [-0.4, -0.2) is 12.2 Å². The molecule has 0 aliphatic rings. The molecular formula is C16H25NO2. The molecule has 0 heterocycles. The molecule has 0 aromatic heterocycles. The van der Waals surface area contributed by atoms with Crippen molar-refractivity contribution in [2.75, 3.05) is 5.32 Å². The van der Waals surface area contributed by atoms with E-state index in [0.29, 0.717) is 11.8 Å². The normalized spacial score (nSPS) is 12.6. The Morgan fingerprint density at radius 2 is 1.95 bits per heavy atom. The zero-order chi connectivity index (χ0) is 14.4. The van der Waals surface area contributed by atoms with Crippen molar-refractivity contribution in [3.63, 3.8) is 0 Å². The van der Waals surface area contributed by atoms with Gasteiger partial charge in [0.15, 0.2) is 0 Å². The van der Waals surface area contributed by atoms with Crippen molar-refractivity contribution in [1.29, 1.82) is 0 Å². The molecule has 0 spiro atoms. The van der Waals surface area contributed by atoms with Gasteiger partial charge in [0.2, 0.25) is 0 Å². The first kappa shape index (κ1) is 15.5. The van der Waals surface area contributed by atoms with E-state index in [1.807, 2.05) is 32.0 Å². The van der Waals surface area contributed by atoms with Crippen molar-refractivity contribution in [2.45, 2.75) is 53.1 Å². The third-order valence-corrected chi connectivity index (χ3v) is 3.15. The molecule has 0 radical (unpaired) electrons. The number of anilines is 1. The Kier molecular flexibility index (Phi) is 5.87. The van der Waals surface area contributed by atoms with E-state index in [1.165, 1.54) is 5.56 Å². The molecule has 19 heavy (non-hydrogen) atoms. The molecule has 1 aromatic rings. The zero-order valence-electron chi connectivity index (χ0n) is 12.6. The first-order chi connectivity index (χ1) is 8.93. The number of carbonyl (C=O) groups is 1. The third-order valence-electron chi connectivity index (χ3n) is 3.15. The summed E-state index contributed by atoms with van der Waals surface area (Å²) in [4.78, 5) is 11.6. The third kappa shape index (κ3) is 4.93. The lowest BCUT2D eigenvalue weighted by Gasteiger charge is -2.20. The summed E-state index contributed by atoms with van der Waals surface area (Å²) in [5, 5.41) is 2.77. The number of amides is 1. The molecule has 1 N–H and O–H groups in total. The average molecular weight is 263 g/mol. The van der Waals surface area contributed by atoms with Gasteiger partial charge in [0.25, 0.3) is 0 Å². The van der Waals surface area contributed by atoms with Crippen LogP contribution in [0.3, 0.4) is 0 Å². The number of ether oxygens (including phenoxy) is 1. The predicted octanol–water partition coefficient (Wildman–Crippen LogP) is 4.79. The van der Waals surface area contributed by atoms with Crippen LogP contribution in [0.1, 0.15) is 52.5 Å². The molecule has 1 amide bonds. The highest BCUT2D eigenvalue weighted by molar-refractivity contribution is 5.84. The summed E-state index contributed by atoms with van der Waals surface area (Å²) in [5.41, 5.74) is 2.06. The Balaban J connectivity index is 2.79. The second-order valence-electron chi connectivity index (χ2n) is 5.46. The van der Waals surface area contributed by atoms with Crippen molar-refractivity contribution >= 4 is 11.8 Å². The van der Waals surface area contributed by atoms with Crippen LogP contribution in [0.5, 0.6) is 0 Å². The number of hydrogen-bond acceptors (Lipinski definition) is 2. The maximum Gasteiger partial charge on any atom is 0.411 e. The van der Waals surface area contributed by atoms with Gasteiger partial charge in [-0.05, 0) is 49.8 Å². The van der Waals surface area contributed by atoms with Gasteiger partial charge >= 0.3 is 6.09 Å². The molecule has 1 atom stereocenters. The number of rotatable bonds is 5. The molecule has 1 rings (SSSR count). The van der Waals surface area contributed by atoms with Crippen molar-refractivity contribution in [3.8, 4) is 0 Å². The molecule has 0 aliphatic heterocycles. The SMILES string of the molecule is CCC(c1cccc(NC(=O)OC(C)C)c1)C(C)C. The predicted molar refractivity (Wildman–Crippen MR) is 79.6 cm³/mol. The average Bonchev–Trinajstić information content (AvgIpc) is 2.28. The van der Waals surface area contributed by atoms with E-state index in [0.717, 1.165) is 12.1 Å². The molecule has 106 valence electrons. The lowest BCUT2D eigenvalue weighted by molar-refractivity contribution is 0.130. The number of nitrogens with one attached hydrogen (secondary N) is 1. The van der Waals surface area contributed by atoms with Gasteiger partial charge in [-0.1, -0.05) is 32.9 Å². The topological polar surface area (TPSA) is 38.3 Å². The van der Waals surface area contributed by atoms with E-state index in [9.17, 15) is 4.79 Å². The first-order valence-corrected chi connectivity index (χ1v) is 7.01. The monoisotopic (exact) mass is 263 g/mol. The summed E-state index contributed by atoms with van der Waals surface area (Å²) in [6, 6.07) is 8.02. The van der Waals surface area contributed by atoms with E-state index in [4.69, 9.17) is 4.74 Å². The maximum atomic E-state index is 11.6. The van der Waals surface area contributed by atoms with Gasteiger partial charge in [-0.25, -0.2) is 4.79 Å². The Bertz CT molecular complexity index is 413. The smallest absolute Gasteiger partial charge is 0.411 e. The molecular weight excluding hydrogens is 238 g/mol. The Hall–Kier alpha value is -1.51. The van der Waals surface area contributed by atoms with Gasteiger partial charge in [-0.2, -0.15) is 0 Å². The number of carbonyl (C=O) groups excluding carboxylic acids is 1. The summed E-state index contributed by atoms with van der Waals surface area (Å²) < 4.78 is 5.08. The van der Waals surface area contributed by atoms with Gasteiger partial charge in [0.05, 0.1) is 6.10 Å². The van der Waals surface area contributed by atoms with Crippen LogP contribution in [-0.2, 0) is 4.74 Å². The number of hydrogen-bond donors (Lipinski definition) is 1. The fourth-order valence-electron chi connectivity index (χ4n) is 2.30. The van der Waals surface area contributed by atoms with Crippen LogP contribution in [0.4, 0.5) is 10.5 Å². The molecule has 0 fully saturated rings. The van der Waals surface area contributed by atoms with E-state index in [-0.39, 0.29) is 6.10 Å². The second kappa shape index (κ2) is 7.17. The van der Waals surface area contributed by atoms with Gasteiger partial charge in [-0.15, -0.1) is 0 Å². The van der Waals surface area contributed by atoms with Crippen LogP contribution in [0.2, 0.25) is 0 Å². The van der Waals surface area contributed by atoms with Crippen molar-refractivity contribution in [1.82, 2.24) is 0 Å². The van der Waals surface area contributed by atoms with Gasteiger partial charge in [0.1, 0.15) is 0 Å². The Morgan fingerprint density at radius 3 is 2.47 bits per heavy atom. The molecule has 0 bridgehead atoms. The molecule has 0 aliphatic carbocycles. The highest BCUT2D eigenvalue weighted by Gasteiger charge is 2.14. The molecule has 1 aromatic carbocycles.